The van der Waals surface area contributed by atoms with Crippen molar-refractivity contribution in [3.8, 4) is 0 Å². The van der Waals surface area contributed by atoms with Crippen LogP contribution in [0.25, 0.3) is 0 Å². The van der Waals surface area contributed by atoms with Gasteiger partial charge in [0.05, 0.1) is 0 Å². The van der Waals surface area contributed by atoms with Gasteiger partial charge < -0.3 is 9.36 Å². The Bertz CT molecular complexity index is 546. The van der Waals surface area contributed by atoms with Gasteiger partial charge in [-0.05, 0) is 19.4 Å². The minimum absolute atomic E-state index is 0.360. The van der Waals surface area contributed by atoms with E-state index in [0.717, 1.165) is 11.1 Å². The average Bonchev–Trinajstić information content (AvgIpc) is 2.74. The molecule has 0 atom stereocenters. The summed E-state index contributed by atoms with van der Waals surface area (Å²) in [5.74, 6) is 0.927. The maximum absolute atomic E-state index is 5.12. The summed E-state index contributed by atoms with van der Waals surface area (Å²) in [7, 11) is 1.49. The maximum atomic E-state index is 5.12. The third-order valence-corrected chi connectivity index (χ3v) is 2.31. The van der Waals surface area contributed by atoms with Gasteiger partial charge in [0, 0.05) is 5.56 Å². The molecule has 0 unspecified atom stereocenters. The van der Waals surface area contributed by atoms with Crippen molar-refractivity contribution in [1.82, 2.24) is 10.1 Å². The largest absolute Gasteiger partial charge is 0.398 e. The monoisotopic (exact) mass is 231 g/mol. The van der Waals surface area contributed by atoms with E-state index < -0.39 is 0 Å². The first-order valence-electron chi connectivity index (χ1n) is 5.20. The van der Waals surface area contributed by atoms with Crippen molar-refractivity contribution in [2.24, 2.45) is 5.16 Å². The first-order valence-corrected chi connectivity index (χ1v) is 5.20. The topological polar surface area (TPSA) is 60.5 Å². The number of nitrogens with zero attached hydrogens (tertiary/aromatic N) is 3. The summed E-state index contributed by atoms with van der Waals surface area (Å²) in [5.41, 5.74) is 2.53. The van der Waals surface area contributed by atoms with Gasteiger partial charge in [0.25, 0.3) is 5.89 Å². The predicted molar refractivity (Wildman–Crippen MR) is 62.9 cm³/mol. The molecular formula is C12H13N3O2. The summed E-state index contributed by atoms with van der Waals surface area (Å²) >= 11 is 0. The Labute approximate surface area is 99.1 Å². The number of hydrogen-bond acceptors (Lipinski definition) is 5. The third-order valence-electron chi connectivity index (χ3n) is 2.31. The Kier molecular flexibility index (Phi) is 3.18. The molecule has 5 heteroatoms. The molecule has 0 saturated heterocycles. The minimum Gasteiger partial charge on any atom is -0.398 e. The van der Waals surface area contributed by atoms with Crippen LogP contribution < -0.4 is 0 Å². The SMILES string of the molecule is CO/N=C(\c1nc(C)no1)c1ccccc1C. The van der Waals surface area contributed by atoms with E-state index in [4.69, 9.17) is 9.36 Å². The number of aryl methyl sites for hydroxylation is 2. The summed E-state index contributed by atoms with van der Waals surface area (Å²) in [6, 6.07) is 7.81. The Morgan fingerprint density at radius 2 is 2.06 bits per heavy atom. The van der Waals surface area contributed by atoms with Crippen LogP contribution in [0, 0.1) is 13.8 Å². The minimum atomic E-state index is 0.360. The lowest BCUT2D eigenvalue weighted by molar-refractivity contribution is 0.212. The quantitative estimate of drug-likeness (QED) is 0.599. The molecule has 2 aromatic rings. The molecule has 0 aliphatic rings. The second kappa shape index (κ2) is 4.78. The fourth-order valence-electron chi connectivity index (χ4n) is 1.53. The Hall–Kier alpha value is -2.17. The van der Waals surface area contributed by atoms with Crippen molar-refractivity contribution in [3.63, 3.8) is 0 Å². The van der Waals surface area contributed by atoms with Gasteiger partial charge in [-0.1, -0.05) is 34.6 Å². The molecule has 0 aliphatic heterocycles. The highest BCUT2D eigenvalue weighted by Gasteiger charge is 2.16. The van der Waals surface area contributed by atoms with E-state index in [1.807, 2.05) is 31.2 Å². The van der Waals surface area contributed by atoms with Crippen LogP contribution in [0.1, 0.15) is 22.8 Å². The fraction of sp³-hybridized carbons (Fsp3) is 0.250. The Morgan fingerprint density at radius 1 is 1.29 bits per heavy atom. The first-order chi connectivity index (χ1) is 8.22. The lowest BCUT2D eigenvalue weighted by Crippen LogP contribution is -2.06. The van der Waals surface area contributed by atoms with Crippen molar-refractivity contribution in [2.45, 2.75) is 13.8 Å². The van der Waals surface area contributed by atoms with E-state index in [-0.39, 0.29) is 0 Å². The number of benzene rings is 1. The Balaban J connectivity index is 2.51. The van der Waals surface area contributed by atoms with Gasteiger partial charge in [0.1, 0.15) is 7.11 Å². The van der Waals surface area contributed by atoms with Crippen LogP contribution in [-0.2, 0) is 4.84 Å². The van der Waals surface area contributed by atoms with E-state index >= 15 is 0 Å². The fourth-order valence-corrected chi connectivity index (χ4v) is 1.53. The molecule has 1 heterocycles. The summed E-state index contributed by atoms with van der Waals surface area (Å²) < 4.78 is 5.12. The zero-order chi connectivity index (χ0) is 12.3. The van der Waals surface area contributed by atoms with Gasteiger partial charge in [0.15, 0.2) is 11.5 Å². The summed E-state index contributed by atoms with van der Waals surface area (Å²) in [6.07, 6.45) is 0. The summed E-state index contributed by atoms with van der Waals surface area (Å²) in [5, 5.41) is 7.71. The molecule has 1 aromatic heterocycles. The van der Waals surface area contributed by atoms with Gasteiger partial charge >= 0.3 is 0 Å². The molecule has 0 radical (unpaired) electrons. The molecule has 0 spiro atoms. The second-order valence-corrected chi connectivity index (χ2v) is 3.58. The van der Waals surface area contributed by atoms with E-state index in [1.165, 1.54) is 7.11 Å². The van der Waals surface area contributed by atoms with E-state index in [2.05, 4.69) is 15.3 Å². The normalized spacial score (nSPS) is 11.6. The summed E-state index contributed by atoms with van der Waals surface area (Å²) in [4.78, 5) is 9.00. The lowest BCUT2D eigenvalue weighted by atomic mass is 10.0. The van der Waals surface area contributed by atoms with Crippen molar-refractivity contribution in [1.29, 1.82) is 0 Å². The van der Waals surface area contributed by atoms with Crippen LogP contribution in [0.2, 0.25) is 0 Å². The average molecular weight is 231 g/mol. The van der Waals surface area contributed by atoms with Gasteiger partial charge in [0.2, 0.25) is 0 Å². The van der Waals surface area contributed by atoms with Crippen LogP contribution in [0.4, 0.5) is 0 Å². The van der Waals surface area contributed by atoms with Gasteiger partial charge in [-0.25, -0.2) is 0 Å². The summed E-state index contributed by atoms with van der Waals surface area (Å²) in [6.45, 7) is 3.75. The van der Waals surface area contributed by atoms with Gasteiger partial charge in [-0.3, -0.25) is 0 Å². The zero-order valence-corrected chi connectivity index (χ0v) is 9.97. The number of hydrogen-bond donors (Lipinski definition) is 0. The molecule has 0 N–H and O–H groups in total. The molecule has 0 bridgehead atoms. The van der Waals surface area contributed by atoms with Crippen molar-refractivity contribution in [2.75, 3.05) is 7.11 Å². The molecule has 0 amide bonds. The van der Waals surface area contributed by atoms with Crippen molar-refractivity contribution in [3.05, 3.63) is 47.1 Å². The van der Waals surface area contributed by atoms with Crippen molar-refractivity contribution >= 4 is 5.71 Å². The molecule has 0 saturated carbocycles. The number of oxime groups is 1. The molecular weight excluding hydrogens is 218 g/mol. The van der Waals surface area contributed by atoms with Crippen LogP contribution in [0.15, 0.2) is 33.9 Å². The standard InChI is InChI=1S/C12H13N3O2/c1-8-6-4-5-7-10(8)11(15-16-3)12-13-9(2)14-17-12/h4-7H,1-3H3/b15-11-. The number of rotatable bonds is 3. The lowest BCUT2D eigenvalue weighted by Gasteiger charge is -2.04. The molecule has 5 nitrogen and oxygen atoms in total. The Morgan fingerprint density at radius 3 is 2.65 bits per heavy atom. The van der Waals surface area contributed by atoms with Crippen LogP contribution >= 0.6 is 0 Å². The van der Waals surface area contributed by atoms with Gasteiger partial charge in [-0.15, -0.1) is 0 Å². The highest BCUT2D eigenvalue weighted by Crippen LogP contribution is 2.14. The van der Waals surface area contributed by atoms with Crippen LogP contribution in [0.5, 0.6) is 0 Å². The predicted octanol–water partition coefficient (Wildman–Crippen LogP) is 2.09. The molecule has 0 fully saturated rings. The van der Waals surface area contributed by atoms with E-state index in [1.54, 1.807) is 6.92 Å². The van der Waals surface area contributed by atoms with Gasteiger partial charge in [-0.2, -0.15) is 4.98 Å². The first kappa shape index (κ1) is 11.3. The van der Waals surface area contributed by atoms with Crippen LogP contribution in [-0.4, -0.2) is 23.0 Å². The zero-order valence-electron chi connectivity index (χ0n) is 9.97. The van der Waals surface area contributed by atoms with Crippen molar-refractivity contribution < 1.29 is 9.36 Å². The number of aromatic nitrogens is 2. The molecule has 17 heavy (non-hydrogen) atoms. The third kappa shape index (κ3) is 2.33. The second-order valence-electron chi connectivity index (χ2n) is 3.58. The van der Waals surface area contributed by atoms with E-state index in [0.29, 0.717) is 17.4 Å². The van der Waals surface area contributed by atoms with Crippen LogP contribution in [0.3, 0.4) is 0 Å². The molecule has 2 rings (SSSR count). The molecule has 88 valence electrons. The van der Waals surface area contributed by atoms with E-state index in [9.17, 15) is 0 Å². The molecule has 0 aliphatic carbocycles. The maximum Gasteiger partial charge on any atom is 0.280 e. The highest BCUT2D eigenvalue weighted by molar-refractivity contribution is 6.10. The highest BCUT2D eigenvalue weighted by atomic mass is 16.6. The molecule has 1 aromatic carbocycles. The smallest absolute Gasteiger partial charge is 0.280 e.